The molecule has 0 aliphatic carbocycles. The smallest absolute Gasteiger partial charge is 0.369 e. The van der Waals surface area contributed by atoms with Crippen molar-refractivity contribution in [1.29, 1.82) is 0 Å². The molecule has 0 aliphatic heterocycles. The number of hydrogen-bond acceptors (Lipinski definition) is 4. The van der Waals surface area contributed by atoms with Crippen molar-refractivity contribution in [3.05, 3.63) is 35.4 Å². The van der Waals surface area contributed by atoms with Crippen LogP contribution < -0.4 is 0 Å². The van der Waals surface area contributed by atoms with Crippen LogP contribution in [0.1, 0.15) is 18.1 Å². The first kappa shape index (κ1) is 27.3. The summed E-state index contributed by atoms with van der Waals surface area (Å²) in [6, 6.07) is -1.51. The highest BCUT2D eigenvalue weighted by Gasteiger charge is 2.76. The second kappa shape index (κ2) is 7.68. The lowest BCUT2D eigenvalue weighted by Crippen LogP contribution is -2.57. The van der Waals surface area contributed by atoms with E-state index in [4.69, 9.17) is 0 Å². The lowest BCUT2D eigenvalue weighted by atomic mass is 9.85. The molecule has 1 aromatic carbocycles. The van der Waals surface area contributed by atoms with Gasteiger partial charge in [-0.1, -0.05) is 18.2 Å². The van der Waals surface area contributed by atoms with E-state index in [2.05, 4.69) is 4.18 Å². The van der Waals surface area contributed by atoms with Gasteiger partial charge >= 0.3 is 30.3 Å². The van der Waals surface area contributed by atoms with Crippen LogP contribution in [0.5, 0.6) is 0 Å². The summed E-state index contributed by atoms with van der Waals surface area (Å²) in [7, 11) is -5.64. The van der Waals surface area contributed by atoms with E-state index in [0.717, 1.165) is 0 Å². The molecule has 31 heavy (non-hydrogen) atoms. The van der Waals surface area contributed by atoms with Crippen molar-refractivity contribution in [2.75, 3.05) is 5.75 Å². The molecule has 0 atom stereocenters. The number of hydrogen-bond donors (Lipinski definition) is 1. The Hall–Kier alpha value is -1.75. The molecule has 0 fully saturated rings. The lowest BCUT2D eigenvalue weighted by Gasteiger charge is -2.38. The maximum absolute atomic E-state index is 13.5. The van der Waals surface area contributed by atoms with Crippen molar-refractivity contribution in [3.8, 4) is 0 Å². The molecule has 1 aromatic rings. The molecule has 1 rings (SSSR count). The minimum Gasteiger partial charge on any atom is -0.369 e. The van der Waals surface area contributed by atoms with Crippen LogP contribution in [0.25, 0.3) is 0 Å². The summed E-state index contributed by atoms with van der Waals surface area (Å²) in [6.45, 7) is 0.565. The van der Waals surface area contributed by atoms with E-state index in [1.54, 1.807) is 0 Å². The van der Waals surface area contributed by atoms with Crippen molar-refractivity contribution < 1.29 is 70.4 Å². The quantitative estimate of drug-likeness (QED) is 0.469. The minimum absolute atomic E-state index is 0.0960. The summed E-state index contributed by atoms with van der Waals surface area (Å²) < 4.78 is 185. The third kappa shape index (κ3) is 4.57. The first-order valence-corrected chi connectivity index (χ1v) is 9.09. The molecule has 0 saturated carbocycles. The van der Waals surface area contributed by atoms with E-state index in [0.29, 0.717) is 6.92 Å². The van der Waals surface area contributed by atoms with Crippen molar-refractivity contribution in [2.45, 2.75) is 42.8 Å². The highest BCUT2D eigenvalue weighted by atomic mass is 32.2. The topological polar surface area (TPSA) is 63.6 Å². The average Bonchev–Trinajstić information content (AvgIpc) is 2.54. The van der Waals surface area contributed by atoms with Gasteiger partial charge < -0.3 is 5.11 Å². The van der Waals surface area contributed by atoms with E-state index in [1.165, 1.54) is 0 Å². The van der Waals surface area contributed by atoms with E-state index >= 15 is 0 Å². The van der Waals surface area contributed by atoms with E-state index in [9.17, 15) is 66.2 Å². The van der Waals surface area contributed by atoms with Crippen LogP contribution >= 0.6 is 0 Å². The van der Waals surface area contributed by atoms with Gasteiger partial charge in [-0.3, -0.25) is 0 Å². The van der Waals surface area contributed by atoms with Crippen LogP contribution in [0.4, 0.5) is 52.7 Å². The summed E-state index contributed by atoms with van der Waals surface area (Å²) in [5, 5.41) is 9.26. The molecule has 17 heteroatoms. The van der Waals surface area contributed by atoms with Crippen LogP contribution in [-0.4, -0.2) is 44.0 Å². The Morgan fingerprint density at radius 1 is 0.774 bits per heavy atom. The summed E-state index contributed by atoms with van der Waals surface area (Å²) in [5.41, 5.74) is -16.7. The number of benzene rings is 1. The summed E-state index contributed by atoms with van der Waals surface area (Å²) in [6.07, 6.45) is -26.7. The van der Waals surface area contributed by atoms with Crippen molar-refractivity contribution >= 4 is 10.1 Å². The van der Waals surface area contributed by atoms with Crippen LogP contribution in [0, 0.1) is 0 Å². The largest absolute Gasteiger partial charge is 0.432 e. The molecule has 0 unspecified atom stereocenters. The van der Waals surface area contributed by atoms with Crippen LogP contribution in [0.15, 0.2) is 24.3 Å². The molecule has 0 heterocycles. The lowest BCUT2D eigenvalue weighted by molar-refractivity contribution is -0.376. The first-order valence-electron chi connectivity index (χ1n) is 7.51. The first-order chi connectivity index (χ1) is 13.5. The molecule has 0 spiro atoms. The van der Waals surface area contributed by atoms with Gasteiger partial charge in [0.15, 0.2) is 0 Å². The third-order valence-electron chi connectivity index (χ3n) is 3.91. The molecule has 4 nitrogen and oxygen atoms in total. The van der Waals surface area contributed by atoms with Gasteiger partial charge in [-0.25, -0.2) is 4.18 Å². The fourth-order valence-electron chi connectivity index (χ4n) is 2.33. The number of alkyl halides is 12. The summed E-state index contributed by atoms with van der Waals surface area (Å²) in [4.78, 5) is 0. The van der Waals surface area contributed by atoms with Gasteiger partial charge in [0.2, 0.25) is 0 Å². The van der Waals surface area contributed by atoms with Gasteiger partial charge in [0, 0.05) is 11.1 Å². The SMILES string of the molecule is CCS(=O)(=O)OC(c1cccc(C(O)(C(F)(F)F)C(F)(F)F)c1)(C(F)(F)F)C(F)(F)F. The maximum Gasteiger partial charge on any atom is 0.432 e. The average molecular weight is 502 g/mol. The maximum atomic E-state index is 13.5. The van der Waals surface area contributed by atoms with Gasteiger partial charge in [-0.05, 0) is 13.0 Å². The Kier molecular flexibility index (Phi) is 6.76. The van der Waals surface area contributed by atoms with E-state index < -0.39 is 69.0 Å². The Balaban J connectivity index is 4.07. The predicted octanol–water partition coefficient (Wildman–Crippen LogP) is 4.69. The van der Waals surface area contributed by atoms with Crippen LogP contribution in [0.3, 0.4) is 0 Å². The third-order valence-corrected chi connectivity index (χ3v) is 5.12. The van der Waals surface area contributed by atoms with Gasteiger partial charge in [0.05, 0.1) is 5.75 Å². The van der Waals surface area contributed by atoms with Crippen molar-refractivity contribution in [3.63, 3.8) is 0 Å². The standard InChI is InChI=1S/C14H10F12O4S/c1-2-31(28,29)30-10(13(21,22)23,14(24,25)26)8-5-3-4-7(6-8)9(27,11(15,16)17)12(18,19)20/h3-6,27H,2H2,1H3. The monoisotopic (exact) mass is 502 g/mol. The molecule has 0 radical (unpaired) electrons. The Morgan fingerprint density at radius 2 is 1.16 bits per heavy atom. The van der Waals surface area contributed by atoms with Gasteiger partial charge in [-0.15, -0.1) is 0 Å². The van der Waals surface area contributed by atoms with Crippen molar-refractivity contribution in [2.24, 2.45) is 0 Å². The molecule has 0 bridgehead atoms. The van der Waals surface area contributed by atoms with E-state index in [1.807, 2.05) is 0 Å². The van der Waals surface area contributed by atoms with Crippen molar-refractivity contribution in [1.82, 2.24) is 0 Å². The molecular weight excluding hydrogens is 492 g/mol. The van der Waals surface area contributed by atoms with Crippen LogP contribution in [0.2, 0.25) is 0 Å². The number of halogens is 12. The molecule has 0 amide bonds. The zero-order valence-corrected chi connectivity index (χ0v) is 15.4. The second-order valence-corrected chi connectivity index (χ2v) is 7.75. The zero-order valence-electron chi connectivity index (χ0n) is 14.6. The predicted molar refractivity (Wildman–Crippen MR) is 76.8 cm³/mol. The summed E-state index contributed by atoms with van der Waals surface area (Å²) >= 11 is 0. The number of rotatable bonds is 5. The molecule has 180 valence electrons. The second-order valence-electron chi connectivity index (χ2n) is 5.89. The molecule has 0 saturated heterocycles. The highest BCUT2D eigenvalue weighted by Crippen LogP contribution is 2.56. The summed E-state index contributed by atoms with van der Waals surface area (Å²) in [5.74, 6) is -1.46. The molecule has 1 N–H and O–H groups in total. The molecular formula is C14H10F12O4S. The fraction of sp³-hybridized carbons (Fsp3) is 0.571. The normalized spacial score (nSPS) is 15.3. The highest BCUT2D eigenvalue weighted by molar-refractivity contribution is 7.86. The Labute approximate surface area is 165 Å². The number of aliphatic hydroxyl groups is 1. The van der Waals surface area contributed by atoms with Crippen LogP contribution in [-0.2, 0) is 25.5 Å². The van der Waals surface area contributed by atoms with Gasteiger partial charge in [0.1, 0.15) is 0 Å². The molecule has 0 aliphatic rings. The zero-order chi connectivity index (χ0) is 24.9. The Morgan fingerprint density at radius 3 is 1.48 bits per heavy atom. The Bertz CT molecular complexity index is 868. The van der Waals surface area contributed by atoms with Gasteiger partial charge in [-0.2, -0.15) is 61.1 Å². The minimum atomic E-state index is -6.74. The fourth-order valence-corrected chi connectivity index (χ4v) is 3.12. The van der Waals surface area contributed by atoms with Gasteiger partial charge in [0.25, 0.3) is 15.7 Å². The van der Waals surface area contributed by atoms with E-state index in [-0.39, 0.29) is 18.2 Å². The molecule has 0 aromatic heterocycles.